The van der Waals surface area contributed by atoms with Gasteiger partial charge in [-0.2, -0.15) is 0 Å². The molecule has 0 N–H and O–H groups in total. The van der Waals surface area contributed by atoms with Crippen LogP contribution in [0.4, 0.5) is 0 Å². The molecule has 2 saturated carbocycles. The van der Waals surface area contributed by atoms with Crippen LogP contribution in [-0.2, 0) is 22.3 Å². The largest absolute Gasteiger partial charge is 0.465 e. The number of carbonyl (C=O) groups excluding carboxylic acids is 2. The molecule has 2 fully saturated rings. The van der Waals surface area contributed by atoms with Crippen molar-refractivity contribution < 1.29 is 19.1 Å². The Kier molecular flexibility index (Phi) is 8.14. The molecule has 31 heavy (non-hydrogen) atoms. The Morgan fingerprint density at radius 3 is 1.90 bits per heavy atom. The lowest BCUT2D eigenvalue weighted by Gasteiger charge is -2.10. The van der Waals surface area contributed by atoms with Crippen molar-refractivity contribution in [3.05, 3.63) is 67.3 Å². The molecule has 2 aromatic rings. The lowest BCUT2D eigenvalue weighted by atomic mass is 10.00. The van der Waals surface area contributed by atoms with Crippen molar-refractivity contribution in [1.29, 1.82) is 0 Å². The summed E-state index contributed by atoms with van der Waals surface area (Å²) >= 11 is 2.32. The van der Waals surface area contributed by atoms with Gasteiger partial charge in [-0.1, -0.05) is 32.0 Å². The predicted molar refractivity (Wildman–Crippen MR) is 131 cm³/mol. The first-order chi connectivity index (χ1) is 14.9. The first kappa shape index (κ1) is 23.8. The van der Waals surface area contributed by atoms with E-state index in [4.69, 9.17) is 9.47 Å². The quantitative estimate of drug-likeness (QED) is 0.317. The van der Waals surface area contributed by atoms with Crippen LogP contribution in [0, 0.1) is 3.57 Å². The van der Waals surface area contributed by atoms with E-state index in [2.05, 4.69) is 54.6 Å². The van der Waals surface area contributed by atoms with Crippen LogP contribution >= 0.6 is 22.6 Å². The van der Waals surface area contributed by atoms with Crippen molar-refractivity contribution in [1.82, 2.24) is 0 Å². The molecule has 4 rings (SSSR count). The summed E-state index contributed by atoms with van der Waals surface area (Å²) in [6.45, 7) is 4.14. The maximum absolute atomic E-state index is 11.6. The smallest absolute Gasteiger partial charge is 0.338 e. The monoisotopic (exact) mass is 534 g/mol. The van der Waals surface area contributed by atoms with Gasteiger partial charge in [-0.15, -0.1) is 0 Å². The van der Waals surface area contributed by atoms with E-state index < -0.39 is 0 Å². The molecule has 166 valence electrons. The van der Waals surface area contributed by atoms with Crippen LogP contribution in [0.5, 0.6) is 0 Å². The highest BCUT2D eigenvalue weighted by Crippen LogP contribution is 2.43. The molecule has 2 aliphatic carbocycles. The second-order valence-electron chi connectivity index (χ2n) is 8.19. The van der Waals surface area contributed by atoms with Crippen molar-refractivity contribution in [3.63, 3.8) is 0 Å². The van der Waals surface area contributed by atoms with E-state index in [0.717, 1.165) is 41.4 Å². The zero-order valence-corrected chi connectivity index (χ0v) is 21.0. The number of esters is 2. The molecule has 0 bridgehead atoms. The van der Waals surface area contributed by atoms with Crippen molar-refractivity contribution in [2.75, 3.05) is 14.2 Å². The third-order valence-corrected chi connectivity index (χ3v) is 6.92. The van der Waals surface area contributed by atoms with Gasteiger partial charge in [-0.25, -0.2) is 9.59 Å². The van der Waals surface area contributed by atoms with E-state index >= 15 is 0 Å². The third-order valence-electron chi connectivity index (χ3n) is 5.99. The van der Waals surface area contributed by atoms with Crippen LogP contribution in [0.25, 0.3) is 0 Å². The highest BCUT2D eigenvalue weighted by molar-refractivity contribution is 14.1. The highest BCUT2D eigenvalue weighted by Gasteiger charge is 2.27. The number of aryl methyl sites for hydroxylation is 2. The minimum Gasteiger partial charge on any atom is -0.465 e. The number of ether oxygens (including phenoxy) is 2. The molecule has 0 heterocycles. The van der Waals surface area contributed by atoms with Crippen molar-refractivity contribution in [2.45, 2.75) is 64.2 Å². The topological polar surface area (TPSA) is 52.6 Å². The molecule has 4 nitrogen and oxygen atoms in total. The van der Waals surface area contributed by atoms with Gasteiger partial charge in [0, 0.05) is 3.57 Å². The molecular weight excluding hydrogens is 503 g/mol. The Bertz CT molecular complexity index is 958. The molecule has 0 amide bonds. The SMILES string of the molecule is CCc1cc(C2CC2)c(I)cc1C(=O)OC.CCc1cc(C2CC2)ccc1C(=O)OC. The fraction of sp³-hybridized carbons (Fsp3) is 0.462. The molecule has 0 atom stereocenters. The molecule has 5 heteroatoms. The maximum Gasteiger partial charge on any atom is 0.338 e. The average molecular weight is 534 g/mol. The Labute approximate surface area is 198 Å². The zero-order valence-electron chi connectivity index (χ0n) is 18.8. The molecule has 0 unspecified atom stereocenters. The minimum absolute atomic E-state index is 0.225. The first-order valence-electron chi connectivity index (χ1n) is 11.0. The number of hydrogen-bond donors (Lipinski definition) is 0. The maximum atomic E-state index is 11.6. The van der Waals surface area contributed by atoms with Gasteiger partial charge in [-0.3, -0.25) is 0 Å². The molecule has 0 saturated heterocycles. The lowest BCUT2D eigenvalue weighted by Crippen LogP contribution is -2.07. The summed E-state index contributed by atoms with van der Waals surface area (Å²) in [5, 5.41) is 0. The van der Waals surface area contributed by atoms with Gasteiger partial charge in [0.2, 0.25) is 0 Å². The van der Waals surface area contributed by atoms with Gasteiger partial charge >= 0.3 is 11.9 Å². The molecule has 0 aliphatic heterocycles. The average Bonchev–Trinajstić information content (AvgIpc) is 3.70. The van der Waals surface area contributed by atoms with E-state index in [0.29, 0.717) is 5.56 Å². The second-order valence-corrected chi connectivity index (χ2v) is 9.35. The summed E-state index contributed by atoms with van der Waals surface area (Å²) in [4.78, 5) is 23.1. The number of rotatable bonds is 6. The summed E-state index contributed by atoms with van der Waals surface area (Å²) in [6.07, 6.45) is 6.92. The lowest BCUT2D eigenvalue weighted by molar-refractivity contribution is 0.0590. The van der Waals surface area contributed by atoms with E-state index in [-0.39, 0.29) is 11.9 Å². The molecule has 0 spiro atoms. The predicted octanol–water partition coefficient (Wildman–Crippen LogP) is 6.43. The second kappa shape index (κ2) is 10.6. The molecule has 2 aliphatic rings. The summed E-state index contributed by atoms with van der Waals surface area (Å²) in [5.41, 5.74) is 6.42. The molecular formula is C26H31IO4. The van der Waals surface area contributed by atoms with E-state index in [9.17, 15) is 9.59 Å². The highest BCUT2D eigenvalue weighted by atomic mass is 127. The Morgan fingerprint density at radius 2 is 1.39 bits per heavy atom. The number of halogens is 1. The first-order valence-corrected chi connectivity index (χ1v) is 12.1. The van der Waals surface area contributed by atoms with Crippen molar-refractivity contribution in [2.24, 2.45) is 0 Å². The van der Waals surface area contributed by atoms with Gasteiger partial charge in [-0.05, 0) is 107 Å². The number of carbonyl (C=O) groups is 2. The normalized spacial score (nSPS) is 15.0. The van der Waals surface area contributed by atoms with Gasteiger partial charge in [0.05, 0.1) is 25.3 Å². The van der Waals surface area contributed by atoms with E-state index in [1.165, 1.54) is 54.6 Å². The van der Waals surface area contributed by atoms with Gasteiger partial charge in [0.1, 0.15) is 0 Å². The minimum atomic E-state index is -0.228. The van der Waals surface area contributed by atoms with Crippen LogP contribution in [0.2, 0.25) is 0 Å². The summed E-state index contributed by atoms with van der Waals surface area (Å²) in [5.74, 6) is 1.01. The van der Waals surface area contributed by atoms with Crippen LogP contribution in [0.3, 0.4) is 0 Å². The van der Waals surface area contributed by atoms with E-state index in [1.54, 1.807) is 0 Å². The van der Waals surface area contributed by atoms with Gasteiger partial charge in [0.25, 0.3) is 0 Å². The standard InChI is InChI=1S/C13H15IO2.C13H16O2/c1-3-8-6-10(9-4-5-9)12(14)7-11(8)13(15)16-2;1-3-9-8-11(10-4-5-10)6-7-12(9)13(14)15-2/h6-7,9H,3-5H2,1-2H3;6-8,10H,3-5H2,1-2H3. The Morgan fingerprint density at radius 1 is 0.839 bits per heavy atom. The summed E-state index contributed by atoms with van der Waals surface area (Å²) < 4.78 is 10.8. The number of methoxy groups -OCH3 is 2. The van der Waals surface area contributed by atoms with Crippen LogP contribution in [0.1, 0.15) is 94.3 Å². The molecule has 2 aromatic carbocycles. The fourth-order valence-corrected chi connectivity index (χ4v) is 4.73. The zero-order chi connectivity index (χ0) is 22.5. The number of benzene rings is 2. The van der Waals surface area contributed by atoms with Crippen LogP contribution in [0.15, 0.2) is 30.3 Å². The van der Waals surface area contributed by atoms with E-state index in [1.807, 2.05) is 12.1 Å². The fourth-order valence-electron chi connectivity index (χ4n) is 3.82. The van der Waals surface area contributed by atoms with Crippen LogP contribution in [-0.4, -0.2) is 26.2 Å². The van der Waals surface area contributed by atoms with Crippen molar-refractivity contribution >= 4 is 34.5 Å². The summed E-state index contributed by atoms with van der Waals surface area (Å²) in [7, 11) is 2.86. The summed E-state index contributed by atoms with van der Waals surface area (Å²) in [6, 6.07) is 10.3. The number of hydrogen-bond acceptors (Lipinski definition) is 4. The third kappa shape index (κ3) is 5.88. The molecule has 0 aromatic heterocycles. The van der Waals surface area contributed by atoms with Gasteiger partial charge < -0.3 is 9.47 Å². The Hall–Kier alpha value is -1.89. The Balaban J connectivity index is 0.000000176. The molecule has 0 radical (unpaired) electrons. The van der Waals surface area contributed by atoms with Crippen LogP contribution < -0.4 is 0 Å². The van der Waals surface area contributed by atoms with Gasteiger partial charge in [0.15, 0.2) is 0 Å². The van der Waals surface area contributed by atoms with Crippen molar-refractivity contribution in [3.8, 4) is 0 Å².